The first-order chi connectivity index (χ1) is 11.7. The number of hydrogen-bond donors (Lipinski definition) is 2. The molecule has 3 rings (SSSR count). The average molecular weight is 346 g/mol. The number of hydrogen-bond acceptors (Lipinski definition) is 5. The molecule has 1 aliphatic rings. The van der Waals surface area contributed by atoms with E-state index in [0.29, 0.717) is 6.61 Å². The van der Waals surface area contributed by atoms with Crippen LogP contribution in [0.3, 0.4) is 0 Å². The second-order valence-corrected chi connectivity index (χ2v) is 7.08. The molecule has 128 valence electrons. The van der Waals surface area contributed by atoms with E-state index in [2.05, 4.69) is 0 Å². The van der Waals surface area contributed by atoms with Crippen LogP contribution in [0.5, 0.6) is 0 Å². The highest BCUT2D eigenvalue weighted by Gasteiger charge is 2.44. The zero-order valence-electron chi connectivity index (χ0n) is 13.5. The molecule has 0 spiro atoms. The molecule has 4 atom stereocenters. The monoisotopic (exact) mass is 346 g/mol. The zero-order valence-corrected chi connectivity index (χ0v) is 14.4. The maximum Gasteiger partial charge on any atom is 0.137 e. The number of rotatable bonds is 6. The van der Waals surface area contributed by atoms with E-state index in [0.717, 1.165) is 10.5 Å². The Morgan fingerprint density at radius 2 is 1.79 bits per heavy atom. The van der Waals surface area contributed by atoms with E-state index in [4.69, 9.17) is 9.47 Å². The third-order valence-corrected chi connectivity index (χ3v) is 5.19. The van der Waals surface area contributed by atoms with Crippen LogP contribution in [0.4, 0.5) is 0 Å². The van der Waals surface area contributed by atoms with E-state index in [1.807, 2.05) is 61.5 Å². The second-order valence-electron chi connectivity index (χ2n) is 5.91. The molecule has 0 bridgehead atoms. The lowest BCUT2D eigenvalue weighted by Crippen LogP contribution is -2.35. The molecule has 5 heteroatoms. The molecule has 2 aromatic carbocycles. The summed E-state index contributed by atoms with van der Waals surface area (Å²) in [5.74, 6) is 0. The van der Waals surface area contributed by atoms with Crippen molar-refractivity contribution < 1.29 is 19.7 Å². The molecule has 0 radical (unpaired) electrons. The summed E-state index contributed by atoms with van der Waals surface area (Å²) in [7, 11) is 0. The Bertz CT molecular complexity index is 632. The van der Waals surface area contributed by atoms with Gasteiger partial charge in [0, 0.05) is 4.90 Å². The Morgan fingerprint density at radius 3 is 2.46 bits per heavy atom. The molecule has 0 unspecified atom stereocenters. The summed E-state index contributed by atoms with van der Waals surface area (Å²) in [6.07, 6.45) is -1.95. The Kier molecular flexibility index (Phi) is 5.92. The van der Waals surface area contributed by atoms with Gasteiger partial charge in [0.25, 0.3) is 0 Å². The van der Waals surface area contributed by atoms with Crippen LogP contribution in [0, 0.1) is 6.92 Å². The van der Waals surface area contributed by atoms with Crippen molar-refractivity contribution in [3.8, 4) is 0 Å². The maximum absolute atomic E-state index is 10.4. The van der Waals surface area contributed by atoms with Gasteiger partial charge in [-0.1, -0.05) is 59.8 Å². The third-order valence-electron chi connectivity index (χ3n) is 4.03. The third kappa shape index (κ3) is 4.18. The molecule has 1 aliphatic heterocycles. The number of aliphatic hydroxyl groups excluding tert-OH is 2. The summed E-state index contributed by atoms with van der Waals surface area (Å²) in [6.45, 7) is 2.21. The van der Waals surface area contributed by atoms with Crippen LogP contribution in [0.25, 0.3) is 0 Å². The molecule has 0 aliphatic carbocycles. The molecule has 0 amide bonds. The molecule has 0 aromatic heterocycles. The van der Waals surface area contributed by atoms with E-state index >= 15 is 0 Å². The van der Waals surface area contributed by atoms with Gasteiger partial charge >= 0.3 is 0 Å². The Balaban J connectivity index is 1.68. The van der Waals surface area contributed by atoms with E-state index in [1.54, 1.807) is 0 Å². The fourth-order valence-corrected chi connectivity index (χ4v) is 3.78. The van der Waals surface area contributed by atoms with Gasteiger partial charge in [-0.3, -0.25) is 0 Å². The van der Waals surface area contributed by atoms with Gasteiger partial charge in [-0.05, 0) is 24.6 Å². The molecular formula is C19H22O4S. The molecule has 1 saturated heterocycles. The largest absolute Gasteiger partial charge is 0.394 e. The first kappa shape index (κ1) is 17.5. The molecule has 2 N–H and O–H groups in total. The standard InChI is InChI=1S/C19H22O4S/c1-13-7-9-15(10-8-13)24-19-18(17(21)16(11-20)23-19)22-12-14-5-3-2-4-6-14/h2-10,16-21H,11-12H2,1H3/t16-,17-,18+,19-/m1/s1. The van der Waals surface area contributed by atoms with Crippen LogP contribution in [0.15, 0.2) is 59.5 Å². The number of benzene rings is 2. The summed E-state index contributed by atoms with van der Waals surface area (Å²) in [5, 5.41) is 19.8. The Labute approximate surface area is 146 Å². The highest BCUT2D eigenvalue weighted by molar-refractivity contribution is 7.99. The molecule has 1 heterocycles. The maximum atomic E-state index is 10.4. The van der Waals surface area contributed by atoms with E-state index in [-0.39, 0.29) is 12.0 Å². The van der Waals surface area contributed by atoms with Crippen molar-refractivity contribution in [2.24, 2.45) is 0 Å². The minimum absolute atomic E-state index is 0.225. The van der Waals surface area contributed by atoms with Crippen molar-refractivity contribution in [1.29, 1.82) is 0 Å². The van der Waals surface area contributed by atoms with Crippen LogP contribution in [0.2, 0.25) is 0 Å². The van der Waals surface area contributed by atoms with Gasteiger partial charge in [-0.2, -0.15) is 0 Å². The molecule has 24 heavy (non-hydrogen) atoms. The number of thioether (sulfide) groups is 1. The average Bonchev–Trinajstić information content (AvgIpc) is 2.91. The van der Waals surface area contributed by atoms with Crippen LogP contribution in [-0.2, 0) is 16.1 Å². The molecular weight excluding hydrogens is 324 g/mol. The minimum atomic E-state index is -0.846. The van der Waals surface area contributed by atoms with Crippen LogP contribution >= 0.6 is 11.8 Å². The SMILES string of the molecule is Cc1ccc(S[C@H]2O[C@H](CO)[C@@H](O)[C@@H]2OCc2ccccc2)cc1. The van der Waals surface area contributed by atoms with Gasteiger partial charge in [0.2, 0.25) is 0 Å². The van der Waals surface area contributed by atoms with E-state index in [1.165, 1.54) is 17.3 Å². The van der Waals surface area contributed by atoms with Gasteiger partial charge in [-0.15, -0.1) is 0 Å². The van der Waals surface area contributed by atoms with Gasteiger partial charge in [0.05, 0.1) is 13.2 Å². The van der Waals surface area contributed by atoms with Crippen molar-refractivity contribution in [3.05, 3.63) is 65.7 Å². The number of aliphatic hydroxyl groups is 2. The summed E-state index contributed by atoms with van der Waals surface area (Å²) in [5.41, 5.74) is 1.87. The van der Waals surface area contributed by atoms with Crippen molar-refractivity contribution >= 4 is 11.8 Å². The second kappa shape index (κ2) is 8.14. The summed E-state index contributed by atoms with van der Waals surface area (Å²) in [4.78, 5) is 1.05. The Hall–Kier alpha value is -1.37. The van der Waals surface area contributed by atoms with Crippen molar-refractivity contribution in [2.75, 3.05) is 6.61 Å². The summed E-state index contributed by atoms with van der Waals surface area (Å²) >= 11 is 1.51. The highest BCUT2D eigenvalue weighted by atomic mass is 32.2. The summed E-state index contributed by atoms with van der Waals surface area (Å²) in [6, 6.07) is 17.9. The van der Waals surface area contributed by atoms with E-state index in [9.17, 15) is 10.2 Å². The normalized spacial score (nSPS) is 26.6. The minimum Gasteiger partial charge on any atom is -0.394 e. The lowest BCUT2D eigenvalue weighted by atomic mass is 10.1. The first-order valence-electron chi connectivity index (χ1n) is 8.00. The van der Waals surface area contributed by atoms with Crippen molar-refractivity contribution in [1.82, 2.24) is 0 Å². The van der Waals surface area contributed by atoms with Crippen molar-refractivity contribution in [2.45, 2.75) is 42.2 Å². The smallest absolute Gasteiger partial charge is 0.137 e. The first-order valence-corrected chi connectivity index (χ1v) is 8.88. The van der Waals surface area contributed by atoms with Gasteiger partial charge in [0.15, 0.2) is 0 Å². The lowest BCUT2D eigenvalue weighted by molar-refractivity contribution is -0.0350. The predicted octanol–water partition coefficient (Wildman–Crippen LogP) is 2.75. The fraction of sp³-hybridized carbons (Fsp3) is 0.368. The van der Waals surface area contributed by atoms with Crippen LogP contribution in [-0.4, -0.2) is 40.6 Å². The topological polar surface area (TPSA) is 58.9 Å². The lowest BCUT2D eigenvalue weighted by Gasteiger charge is -2.20. The predicted molar refractivity (Wildman–Crippen MR) is 93.8 cm³/mol. The summed E-state index contributed by atoms with van der Waals surface area (Å²) < 4.78 is 11.7. The molecule has 4 nitrogen and oxygen atoms in total. The van der Waals surface area contributed by atoms with Gasteiger partial charge in [0.1, 0.15) is 23.7 Å². The number of aryl methyl sites for hydroxylation is 1. The van der Waals surface area contributed by atoms with Crippen molar-refractivity contribution in [3.63, 3.8) is 0 Å². The molecule has 2 aromatic rings. The van der Waals surface area contributed by atoms with Gasteiger partial charge in [-0.25, -0.2) is 0 Å². The molecule has 1 fully saturated rings. The van der Waals surface area contributed by atoms with E-state index < -0.39 is 18.3 Å². The Morgan fingerprint density at radius 1 is 1.08 bits per heavy atom. The molecule has 0 saturated carbocycles. The zero-order chi connectivity index (χ0) is 16.9. The number of ether oxygens (including phenoxy) is 2. The highest BCUT2D eigenvalue weighted by Crippen LogP contribution is 2.36. The van der Waals surface area contributed by atoms with Gasteiger partial charge < -0.3 is 19.7 Å². The fourth-order valence-electron chi connectivity index (χ4n) is 2.64. The quantitative estimate of drug-likeness (QED) is 0.842. The van der Waals surface area contributed by atoms with Crippen LogP contribution < -0.4 is 0 Å². The van der Waals surface area contributed by atoms with Crippen LogP contribution in [0.1, 0.15) is 11.1 Å².